The molecular weight excluding hydrogens is 396 g/mol. The van der Waals surface area contributed by atoms with E-state index in [4.69, 9.17) is 11.6 Å². The molecule has 2 aromatic carbocycles. The Kier molecular flexibility index (Phi) is 5.10. The molecule has 1 amide bonds. The number of carbonyl (C=O) groups excluding carboxylic acids is 1. The molecule has 2 bridgehead atoms. The zero-order valence-corrected chi connectivity index (χ0v) is 17.2. The molecule has 2 aliphatic carbocycles. The molecule has 3 atom stereocenters. The van der Waals surface area contributed by atoms with Crippen molar-refractivity contribution in [2.45, 2.75) is 43.5 Å². The van der Waals surface area contributed by atoms with E-state index in [0.29, 0.717) is 16.6 Å². The van der Waals surface area contributed by atoms with Gasteiger partial charge in [0.25, 0.3) is 15.9 Å². The Morgan fingerprint density at radius 1 is 1.07 bits per heavy atom. The van der Waals surface area contributed by atoms with E-state index < -0.39 is 10.0 Å². The van der Waals surface area contributed by atoms with Gasteiger partial charge >= 0.3 is 0 Å². The van der Waals surface area contributed by atoms with Crippen LogP contribution in [0.5, 0.6) is 0 Å². The maximum Gasteiger partial charge on any atom is 0.261 e. The Labute approximate surface area is 170 Å². The summed E-state index contributed by atoms with van der Waals surface area (Å²) in [5.41, 5.74) is 1.57. The first-order valence-corrected chi connectivity index (χ1v) is 11.4. The van der Waals surface area contributed by atoms with E-state index >= 15 is 0 Å². The van der Waals surface area contributed by atoms with Crippen molar-refractivity contribution in [1.82, 2.24) is 5.32 Å². The second kappa shape index (κ2) is 7.41. The number of sulfonamides is 1. The molecule has 28 heavy (non-hydrogen) atoms. The Morgan fingerprint density at radius 2 is 1.82 bits per heavy atom. The summed E-state index contributed by atoms with van der Waals surface area (Å²) >= 11 is 6.22. The topological polar surface area (TPSA) is 75.3 Å². The van der Waals surface area contributed by atoms with Crippen molar-refractivity contribution in [2.75, 3.05) is 4.72 Å². The van der Waals surface area contributed by atoms with Crippen LogP contribution in [-0.2, 0) is 10.0 Å². The SMILES string of the molecule is Cc1ccc(S(=O)(=O)Nc2ccc(Cl)c(C(=O)N[C@@H]3C[C@H]4CC[C@@H]3C4)c2)cc1. The molecule has 0 heterocycles. The number of amides is 1. The van der Waals surface area contributed by atoms with Crippen molar-refractivity contribution in [3.05, 3.63) is 58.6 Å². The standard InChI is InChI=1S/C21H23ClN2O3S/c1-13-2-7-17(8-3-13)28(26,27)24-16-6-9-19(22)18(12-16)21(25)23-20-11-14-4-5-15(20)10-14/h2-3,6-9,12,14-15,20,24H,4-5,10-11H2,1H3,(H,23,25)/t14-,15+,20+/m0/s1. The summed E-state index contributed by atoms with van der Waals surface area (Å²) in [6.45, 7) is 1.89. The molecule has 2 fully saturated rings. The minimum Gasteiger partial charge on any atom is -0.349 e. The molecule has 2 N–H and O–H groups in total. The van der Waals surface area contributed by atoms with Crippen molar-refractivity contribution in [2.24, 2.45) is 11.8 Å². The van der Waals surface area contributed by atoms with Crippen LogP contribution >= 0.6 is 11.6 Å². The van der Waals surface area contributed by atoms with Crippen LogP contribution < -0.4 is 10.0 Å². The zero-order valence-electron chi connectivity index (χ0n) is 15.6. The van der Waals surface area contributed by atoms with Crippen molar-refractivity contribution >= 4 is 33.2 Å². The molecule has 2 aliphatic rings. The molecule has 0 saturated heterocycles. The molecule has 0 radical (unpaired) electrons. The lowest BCUT2D eigenvalue weighted by molar-refractivity contribution is 0.0923. The number of hydrogen-bond donors (Lipinski definition) is 2. The fraction of sp³-hybridized carbons (Fsp3) is 0.381. The van der Waals surface area contributed by atoms with Crippen molar-refractivity contribution < 1.29 is 13.2 Å². The first kappa shape index (κ1) is 19.3. The predicted molar refractivity (Wildman–Crippen MR) is 110 cm³/mol. The number of benzene rings is 2. The second-order valence-corrected chi connectivity index (χ2v) is 9.96. The summed E-state index contributed by atoms with van der Waals surface area (Å²) < 4.78 is 27.7. The number of nitrogens with one attached hydrogen (secondary N) is 2. The highest BCUT2D eigenvalue weighted by Gasteiger charge is 2.40. The van der Waals surface area contributed by atoms with E-state index in [0.717, 1.165) is 17.9 Å². The van der Waals surface area contributed by atoms with Crippen LogP contribution in [0.4, 0.5) is 5.69 Å². The highest BCUT2D eigenvalue weighted by atomic mass is 35.5. The fourth-order valence-electron chi connectivity index (χ4n) is 4.36. The van der Waals surface area contributed by atoms with Crippen LogP contribution in [0.3, 0.4) is 0 Å². The summed E-state index contributed by atoms with van der Waals surface area (Å²) in [6, 6.07) is 11.4. The average Bonchev–Trinajstić information content (AvgIpc) is 3.26. The van der Waals surface area contributed by atoms with E-state index in [1.165, 1.54) is 25.3 Å². The Hall–Kier alpha value is -2.05. The smallest absolute Gasteiger partial charge is 0.261 e. The molecule has 7 heteroatoms. The molecule has 0 unspecified atom stereocenters. The largest absolute Gasteiger partial charge is 0.349 e. The molecule has 5 nitrogen and oxygen atoms in total. The third kappa shape index (κ3) is 3.89. The van der Waals surface area contributed by atoms with E-state index in [2.05, 4.69) is 10.0 Å². The van der Waals surface area contributed by atoms with Gasteiger partial charge in [-0.25, -0.2) is 8.42 Å². The summed E-state index contributed by atoms with van der Waals surface area (Å²) in [7, 11) is -3.74. The zero-order chi connectivity index (χ0) is 19.9. The molecule has 0 spiro atoms. The molecule has 148 valence electrons. The normalized spacial score (nSPS) is 23.6. The van der Waals surface area contributed by atoms with E-state index in [1.807, 2.05) is 6.92 Å². The summed E-state index contributed by atoms with van der Waals surface area (Å²) in [6.07, 6.45) is 4.64. The fourth-order valence-corrected chi connectivity index (χ4v) is 5.61. The quantitative estimate of drug-likeness (QED) is 0.757. The number of hydrogen-bond acceptors (Lipinski definition) is 3. The minimum atomic E-state index is -3.74. The van der Waals surface area contributed by atoms with Crippen LogP contribution in [0.15, 0.2) is 47.4 Å². The van der Waals surface area contributed by atoms with Gasteiger partial charge in [0.15, 0.2) is 0 Å². The van der Waals surface area contributed by atoms with Gasteiger partial charge in [-0.05, 0) is 68.4 Å². The number of anilines is 1. The van der Waals surface area contributed by atoms with Gasteiger partial charge in [-0.2, -0.15) is 0 Å². The van der Waals surface area contributed by atoms with Gasteiger partial charge in [-0.15, -0.1) is 0 Å². The predicted octanol–water partition coefficient (Wildman–Crippen LogP) is 4.37. The molecule has 0 aliphatic heterocycles. The lowest BCUT2D eigenvalue weighted by Gasteiger charge is -2.23. The molecular formula is C21H23ClN2O3S. The average molecular weight is 419 g/mol. The number of fused-ring (bicyclic) bond motifs is 2. The number of aryl methyl sites for hydroxylation is 1. The van der Waals surface area contributed by atoms with Crippen molar-refractivity contribution in [1.29, 1.82) is 0 Å². The van der Waals surface area contributed by atoms with Crippen molar-refractivity contribution in [3.63, 3.8) is 0 Å². The van der Waals surface area contributed by atoms with Crippen molar-refractivity contribution in [3.8, 4) is 0 Å². The molecule has 2 saturated carbocycles. The highest BCUT2D eigenvalue weighted by molar-refractivity contribution is 7.92. The van der Waals surface area contributed by atoms with Crippen LogP contribution in [0.25, 0.3) is 0 Å². The Morgan fingerprint density at radius 3 is 2.46 bits per heavy atom. The highest BCUT2D eigenvalue weighted by Crippen LogP contribution is 2.44. The summed E-state index contributed by atoms with van der Waals surface area (Å²) in [5.74, 6) is 1.02. The summed E-state index contributed by atoms with van der Waals surface area (Å²) in [5, 5.41) is 3.40. The van der Waals surface area contributed by atoms with E-state index in [-0.39, 0.29) is 22.4 Å². The first-order chi connectivity index (χ1) is 13.3. The summed E-state index contributed by atoms with van der Waals surface area (Å²) in [4.78, 5) is 12.9. The lowest BCUT2D eigenvalue weighted by atomic mass is 9.95. The van der Waals surface area contributed by atoms with Crippen LogP contribution in [0, 0.1) is 18.8 Å². The number of rotatable bonds is 5. The van der Waals surface area contributed by atoms with Crippen LogP contribution in [0.2, 0.25) is 5.02 Å². The van der Waals surface area contributed by atoms with Gasteiger partial charge < -0.3 is 5.32 Å². The first-order valence-electron chi connectivity index (χ1n) is 9.52. The van der Waals surface area contributed by atoms with Gasteiger partial charge in [-0.3, -0.25) is 9.52 Å². The van der Waals surface area contributed by atoms with Gasteiger partial charge in [0.1, 0.15) is 0 Å². The number of halogens is 1. The van der Waals surface area contributed by atoms with E-state index in [1.54, 1.807) is 36.4 Å². The maximum absolute atomic E-state index is 12.8. The van der Waals surface area contributed by atoms with E-state index in [9.17, 15) is 13.2 Å². The third-order valence-corrected chi connectivity index (χ3v) is 7.58. The van der Waals surface area contributed by atoms with Gasteiger partial charge in [0, 0.05) is 11.7 Å². The van der Waals surface area contributed by atoms with Crippen LogP contribution in [-0.4, -0.2) is 20.4 Å². The van der Waals surface area contributed by atoms with Gasteiger partial charge in [0.2, 0.25) is 0 Å². The minimum absolute atomic E-state index is 0.168. The number of carbonyl (C=O) groups is 1. The lowest BCUT2D eigenvalue weighted by Crippen LogP contribution is -2.38. The Bertz CT molecular complexity index is 1000. The van der Waals surface area contributed by atoms with Crippen LogP contribution in [0.1, 0.15) is 41.6 Å². The second-order valence-electron chi connectivity index (χ2n) is 7.87. The molecule has 2 aromatic rings. The molecule has 4 rings (SSSR count). The van der Waals surface area contributed by atoms with Gasteiger partial charge in [-0.1, -0.05) is 35.7 Å². The Balaban J connectivity index is 1.52. The third-order valence-electron chi connectivity index (χ3n) is 5.85. The maximum atomic E-state index is 12.8. The van der Waals surface area contributed by atoms with Gasteiger partial charge in [0.05, 0.1) is 15.5 Å². The monoisotopic (exact) mass is 418 g/mol. The molecule has 0 aromatic heterocycles.